The highest BCUT2D eigenvalue weighted by atomic mass is 32.2. The average molecular weight is 610 g/mol. The van der Waals surface area contributed by atoms with Crippen LogP contribution < -0.4 is 14.4 Å². The van der Waals surface area contributed by atoms with Gasteiger partial charge in [-0.1, -0.05) is 47.8 Å². The summed E-state index contributed by atoms with van der Waals surface area (Å²) in [6.45, 7) is 0. The molecular weight excluding hydrogens is 589 g/mol. The van der Waals surface area contributed by atoms with Gasteiger partial charge in [0, 0.05) is 20.9 Å². The van der Waals surface area contributed by atoms with E-state index in [9.17, 15) is 18.2 Å². The van der Waals surface area contributed by atoms with Crippen molar-refractivity contribution in [2.45, 2.75) is 19.6 Å². The largest absolute Gasteiger partial charge is 0.736 e. The lowest BCUT2D eigenvalue weighted by molar-refractivity contribution is -0.213. The summed E-state index contributed by atoms with van der Waals surface area (Å²) in [5.41, 5.74) is 1.97. The fraction of sp³-hybridized carbons (Fsp3) is 0.0667. The maximum Gasteiger partial charge on any atom is 0.372 e. The number of methoxy groups -OCH3 is 2. The van der Waals surface area contributed by atoms with E-state index in [4.69, 9.17) is 18.5 Å². The van der Waals surface area contributed by atoms with Crippen LogP contribution in [0.5, 0.6) is 11.5 Å². The molecule has 0 radical (unpaired) electrons. The lowest BCUT2D eigenvalue weighted by Crippen LogP contribution is -2.08. The Morgan fingerprint density at radius 2 is 1.12 bits per heavy atom. The molecule has 6 rings (SSSR count). The fourth-order valence-corrected chi connectivity index (χ4v) is 7.61. The lowest BCUT2D eigenvalue weighted by atomic mass is 10.1. The van der Waals surface area contributed by atoms with Crippen LogP contribution in [-0.2, 0) is 13.6 Å². The maximum absolute atomic E-state index is 14.1. The van der Waals surface area contributed by atoms with Crippen molar-refractivity contribution in [1.29, 1.82) is 0 Å². The van der Waals surface area contributed by atoms with E-state index in [1.807, 2.05) is 0 Å². The van der Waals surface area contributed by atoms with Gasteiger partial charge >= 0.3 is 7.82 Å². The van der Waals surface area contributed by atoms with Crippen LogP contribution >= 0.6 is 31.3 Å². The zero-order valence-corrected chi connectivity index (χ0v) is 24.1. The summed E-state index contributed by atoms with van der Waals surface area (Å²) in [6, 6.07) is 18.6. The number of phosphoric ester groups is 1. The first-order chi connectivity index (χ1) is 19.7. The van der Waals surface area contributed by atoms with Gasteiger partial charge in [0.25, 0.3) is 0 Å². The Morgan fingerprint density at radius 1 is 0.683 bits per heavy atom. The van der Waals surface area contributed by atoms with Gasteiger partial charge in [0.1, 0.15) is 34.7 Å². The molecule has 6 nitrogen and oxygen atoms in total. The Morgan fingerprint density at radius 3 is 1.54 bits per heavy atom. The molecule has 0 amide bonds. The molecule has 0 aliphatic carbocycles. The van der Waals surface area contributed by atoms with Crippen molar-refractivity contribution in [1.82, 2.24) is 0 Å². The first-order valence-corrected chi connectivity index (χ1v) is 15.3. The average Bonchev–Trinajstić information content (AvgIpc) is 3.19. The standard InChI is InChI=1S/C30H21F2O6PS2/c1-35-23-7-3-5-21-25(13-17-9-11-19(31)15-27(17)40-29(21)23)37-39(33,34)38-26-14-18-10-12-20(32)16-28(18)41-30-22(26)6-4-8-24(30)36-2/h3-16H,1-2H3,(H,33,34)/p-1. The molecular formula is C30H20F2O6PS2-. The minimum atomic E-state index is -5.10. The molecule has 0 saturated carbocycles. The molecule has 2 aliphatic rings. The highest BCUT2D eigenvalue weighted by molar-refractivity contribution is 8.00. The second-order valence-electron chi connectivity index (χ2n) is 8.89. The van der Waals surface area contributed by atoms with E-state index in [1.54, 1.807) is 48.5 Å². The topological polar surface area (TPSA) is 77.1 Å². The summed E-state index contributed by atoms with van der Waals surface area (Å²) in [7, 11) is -2.12. The number of rotatable bonds is 6. The highest BCUT2D eigenvalue weighted by Gasteiger charge is 2.28. The molecule has 4 aromatic rings. The van der Waals surface area contributed by atoms with Crippen LogP contribution in [0.1, 0.15) is 22.3 Å². The third-order valence-electron chi connectivity index (χ3n) is 6.30. The van der Waals surface area contributed by atoms with E-state index < -0.39 is 19.5 Å². The second-order valence-corrected chi connectivity index (χ2v) is 12.3. The summed E-state index contributed by atoms with van der Waals surface area (Å²) >= 11 is 2.47. The van der Waals surface area contributed by atoms with Crippen LogP contribution in [0, 0.1) is 11.6 Å². The number of ether oxygens (including phenoxy) is 2. The molecule has 0 aromatic heterocycles. The van der Waals surface area contributed by atoms with Crippen molar-refractivity contribution < 1.29 is 36.8 Å². The van der Waals surface area contributed by atoms with Crippen molar-refractivity contribution in [3.8, 4) is 11.5 Å². The predicted octanol–water partition coefficient (Wildman–Crippen LogP) is 8.11. The quantitative estimate of drug-likeness (QED) is 0.203. The Bertz CT molecular complexity index is 1680. The first-order valence-electron chi connectivity index (χ1n) is 12.2. The zero-order valence-electron chi connectivity index (χ0n) is 21.6. The Kier molecular flexibility index (Phi) is 7.34. The highest BCUT2D eigenvalue weighted by Crippen LogP contribution is 2.54. The summed E-state index contributed by atoms with van der Waals surface area (Å²) in [6.07, 6.45) is 3.04. The van der Waals surface area contributed by atoms with Gasteiger partial charge in [-0.15, -0.1) is 0 Å². The first kappa shape index (κ1) is 27.5. The summed E-state index contributed by atoms with van der Waals surface area (Å²) in [5.74, 6) is 0.0220. The molecule has 11 heteroatoms. The van der Waals surface area contributed by atoms with E-state index in [0.29, 0.717) is 53.3 Å². The molecule has 2 aliphatic heterocycles. The SMILES string of the molecule is COc1cccc2c1Sc1cc(F)ccc1C=C2OP(=O)([O-])OC1=Cc2ccc(F)cc2Sc2c(OC)cccc21. The molecule has 0 unspecified atom stereocenters. The molecule has 0 fully saturated rings. The van der Waals surface area contributed by atoms with Crippen LogP contribution in [0.4, 0.5) is 8.78 Å². The fourth-order valence-electron chi connectivity index (χ4n) is 4.45. The third kappa shape index (κ3) is 5.48. The number of fused-ring (bicyclic) bond motifs is 4. The molecule has 0 bridgehead atoms. The Labute approximate surface area is 243 Å². The van der Waals surface area contributed by atoms with Crippen molar-refractivity contribution in [3.05, 3.63) is 107 Å². The molecule has 208 valence electrons. The zero-order chi connectivity index (χ0) is 28.7. The lowest BCUT2D eigenvalue weighted by Gasteiger charge is -2.27. The van der Waals surface area contributed by atoms with Crippen LogP contribution in [-0.4, -0.2) is 14.2 Å². The van der Waals surface area contributed by atoms with Gasteiger partial charge in [-0.2, -0.15) is 0 Å². The van der Waals surface area contributed by atoms with E-state index >= 15 is 0 Å². The normalized spacial score (nSPS) is 13.7. The second kappa shape index (κ2) is 10.9. The summed E-state index contributed by atoms with van der Waals surface area (Å²) in [5, 5.41) is 0. The predicted molar refractivity (Wildman–Crippen MR) is 153 cm³/mol. The van der Waals surface area contributed by atoms with Gasteiger partial charge in [0.15, 0.2) is 0 Å². The van der Waals surface area contributed by atoms with Crippen LogP contribution in [0.25, 0.3) is 23.7 Å². The van der Waals surface area contributed by atoms with E-state index in [1.165, 1.54) is 74.2 Å². The van der Waals surface area contributed by atoms with Crippen LogP contribution in [0.2, 0.25) is 0 Å². The maximum atomic E-state index is 14.1. The number of benzene rings is 4. The third-order valence-corrected chi connectivity index (χ3v) is 9.54. The van der Waals surface area contributed by atoms with Gasteiger partial charge in [-0.25, -0.2) is 13.3 Å². The number of phosphoric acid groups is 1. The number of hydrogen-bond acceptors (Lipinski definition) is 8. The van der Waals surface area contributed by atoms with Gasteiger partial charge in [0.2, 0.25) is 0 Å². The van der Waals surface area contributed by atoms with Crippen molar-refractivity contribution in [3.63, 3.8) is 0 Å². The molecule has 41 heavy (non-hydrogen) atoms. The Hall–Kier alpha value is -3.69. The van der Waals surface area contributed by atoms with Gasteiger partial charge in [0.05, 0.1) is 24.0 Å². The Balaban J connectivity index is 1.43. The van der Waals surface area contributed by atoms with Crippen LogP contribution in [0.15, 0.2) is 92.4 Å². The van der Waals surface area contributed by atoms with E-state index in [-0.39, 0.29) is 11.5 Å². The molecule has 2 heterocycles. The molecule has 0 N–H and O–H groups in total. The molecule has 0 saturated heterocycles. The smallest absolute Gasteiger partial charge is 0.372 e. The number of hydrogen-bond donors (Lipinski definition) is 0. The van der Waals surface area contributed by atoms with E-state index in [2.05, 4.69) is 0 Å². The molecule has 4 aromatic carbocycles. The van der Waals surface area contributed by atoms with Gasteiger partial charge in [-0.3, -0.25) is 0 Å². The van der Waals surface area contributed by atoms with E-state index in [0.717, 1.165) is 0 Å². The molecule has 0 atom stereocenters. The van der Waals surface area contributed by atoms with Gasteiger partial charge in [-0.05, 0) is 71.8 Å². The molecule has 0 spiro atoms. The van der Waals surface area contributed by atoms with Crippen molar-refractivity contribution in [2.75, 3.05) is 14.2 Å². The monoisotopic (exact) mass is 609 g/mol. The minimum absolute atomic E-state index is 0.0213. The van der Waals surface area contributed by atoms with Crippen LogP contribution in [0.3, 0.4) is 0 Å². The van der Waals surface area contributed by atoms with Crippen molar-refractivity contribution >= 4 is 55.0 Å². The summed E-state index contributed by atoms with van der Waals surface area (Å²) < 4.78 is 64.0. The number of halogens is 2. The van der Waals surface area contributed by atoms with Crippen molar-refractivity contribution in [2.24, 2.45) is 0 Å². The minimum Gasteiger partial charge on any atom is -0.736 e. The summed E-state index contributed by atoms with van der Waals surface area (Å²) in [4.78, 5) is 15.8. The van der Waals surface area contributed by atoms with Gasteiger partial charge < -0.3 is 23.4 Å².